The third-order valence-corrected chi connectivity index (χ3v) is 3.30. The number of carbonyl (C=O) groups excluding carboxylic acids is 2. The molecular weight excluding hydrogens is 322 g/mol. The van der Waals surface area contributed by atoms with Gasteiger partial charge in [-0.2, -0.15) is 0 Å². The van der Waals surface area contributed by atoms with Gasteiger partial charge < -0.3 is 9.84 Å². The summed E-state index contributed by atoms with van der Waals surface area (Å²) in [7, 11) is 0. The fourth-order valence-electron chi connectivity index (χ4n) is 2.06. The average molecular weight is 339 g/mol. The monoisotopic (exact) mass is 339 g/mol. The number of hydrogen-bond donors (Lipinski definition) is 2. The second kappa shape index (κ2) is 8.44. The van der Waals surface area contributed by atoms with Crippen molar-refractivity contribution in [2.75, 3.05) is 5.32 Å². The molecule has 6 heteroatoms. The molecule has 0 heterocycles. The lowest BCUT2D eigenvalue weighted by Crippen LogP contribution is -2.13. The zero-order valence-corrected chi connectivity index (χ0v) is 13.6. The van der Waals surface area contributed by atoms with Crippen LogP contribution in [0.3, 0.4) is 0 Å². The summed E-state index contributed by atoms with van der Waals surface area (Å²) in [5, 5.41) is 11.2. The van der Waals surface area contributed by atoms with E-state index in [1.54, 1.807) is 12.1 Å². The fraction of sp³-hybridized carbons (Fsp3) is 0.105. The second-order valence-corrected chi connectivity index (χ2v) is 5.26. The van der Waals surface area contributed by atoms with E-state index in [9.17, 15) is 14.4 Å². The van der Waals surface area contributed by atoms with Gasteiger partial charge in [0, 0.05) is 22.9 Å². The molecule has 0 aliphatic carbocycles. The van der Waals surface area contributed by atoms with Crippen LogP contribution in [0, 0.1) is 0 Å². The van der Waals surface area contributed by atoms with Crippen molar-refractivity contribution in [3.8, 4) is 0 Å². The average Bonchev–Trinajstić information content (AvgIpc) is 2.60. The molecule has 6 nitrogen and oxygen atoms in total. The topological polar surface area (TPSA) is 92.7 Å². The molecule has 1 amide bonds. The van der Waals surface area contributed by atoms with Crippen molar-refractivity contribution in [1.82, 2.24) is 0 Å². The summed E-state index contributed by atoms with van der Waals surface area (Å²) in [6, 6.07) is 15.4. The van der Waals surface area contributed by atoms with Gasteiger partial charge in [-0.3, -0.25) is 10.1 Å². The zero-order valence-electron chi connectivity index (χ0n) is 13.6. The van der Waals surface area contributed by atoms with Gasteiger partial charge in [0.1, 0.15) is 6.61 Å². The molecule has 0 saturated carbocycles. The number of hydrogen-bond acceptors (Lipinski definition) is 4. The van der Waals surface area contributed by atoms with E-state index in [1.165, 1.54) is 19.1 Å². The third kappa shape index (κ3) is 5.62. The van der Waals surface area contributed by atoms with Gasteiger partial charge in [0.15, 0.2) is 5.78 Å². The molecule has 0 aliphatic heterocycles. The summed E-state index contributed by atoms with van der Waals surface area (Å²) >= 11 is 0. The summed E-state index contributed by atoms with van der Waals surface area (Å²) in [5.41, 5.74) is 1.79. The first kappa shape index (κ1) is 17.9. The predicted molar refractivity (Wildman–Crippen MR) is 92.4 cm³/mol. The SMILES string of the molecule is C/C(=C\C(=O)O)C(=O)c1ccc(NC(=O)OCc2ccccc2)cc1. The number of carboxylic acid groups (broad SMARTS) is 1. The Labute approximate surface area is 144 Å². The summed E-state index contributed by atoms with van der Waals surface area (Å²) in [6.07, 6.45) is 0.250. The largest absolute Gasteiger partial charge is 0.478 e. The minimum Gasteiger partial charge on any atom is -0.478 e. The Hall–Kier alpha value is -3.41. The van der Waals surface area contributed by atoms with Crippen LogP contribution < -0.4 is 5.32 Å². The van der Waals surface area contributed by atoms with Crippen LogP contribution in [0.4, 0.5) is 10.5 Å². The summed E-state index contributed by atoms with van der Waals surface area (Å²) < 4.78 is 5.10. The number of carbonyl (C=O) groups is 3. The number of ketones is 1. The Kier molecular flexibility index (Phi) is 6.06. The molecule has 0 saturated heterocycles. The van der Waals surface area contributed by atoms with Crippen molar-refractivity contribution in [3.63, 3.8) is 0 Å². The van der Waals surface area contributed by atoms with Crippen molar-refractivity contribution < 1.29 is 24.2 Å². The fourth-order valence-corrected chi connectivity index (χ4v) is 2.06. The van der Waals surface area contributed by atoms with Gasteiger partial charge in [0.05, 0.1) is 0 Å². The molecule has 0 aromatic heterocycles. The van der Waals surface area contributed by atoms with Crippen LogP contribution in [0.2, 0.25) is 0 Å². The van der Waals surface area contributed by atoms with Crippen molar-refractivity contribution in [2.45, 2.75) is 13.5 Å². The van der Waals surface area contributed by atoms with E-state index in [2.05, 4.69) is 5.32 Å². The minimum absolute atomic E-state index is 0.121. The third-order valence-electron chi connectivity index (χ3n) is 3.30. The van der Waals surface area contributed by atoms with Crippen molar-refractivity contribution in [1.29, 1.82) is 0 Å². The van der Waals surface area contributed by atoms with Gasteiger partial charge in [-0.05, 0) is 36.8 Å². The smallest absolute Gasteiger partial charge is 0.411 e. The van der Waals surface area contributed by atoms with Gasteiger partial charge in [-0.25, -0.2) is 9.59 Å². The highest BCUT2D eigenvalue weighted by Gasteiger charge is 2.10. The van der Waals surface area contributed by atoms with Crippen LogP contribution in [0.1, 0.15) is 22.8 Å². The van der Waals surface area contributed by atoms with E-state index in [0.29, 0.717) is 11.3 Å². The van der Waals surface area contributed by atoms with Crippen molar-refractivity contribution in [3.05, 3.63) is 77.4 Å². The Morgan fingerprint density at radius 2 is 1.68 bits per heavy atom. The van der Waals surface area contributed by atoms with E-state index in [4.69, 9.17) is 9.84 Å². The van der Waals surface area contributed by atoms with Crippen LogP contribution in [0.15, 0.2) is 66.2 Å². The highest BCUT2D eigenvalue weighted by Crippen LogP contribution is 2.14. The maximum Gasteiger partial charge on any atom is 0.411 e. The number of benzene rings is 2. The highest BCUT2D eigenvalue weighted by molar-refractivity contribution is 6.10. The van der Waals surface area contributed by atoms with Crippen molar-refractivity contribution >= 4 is 23.5 Å². The molecule has 0 spiro atoms. The number of nitrogens with one attached hydrogen (secondary N) is 1. The standard InChI is InChI=1S/C19H17NO5/c1-13(11-17(21)22)18(23)15-7-9-16(10-8-15)20-19(24)25-12-14-5-3-2-4-6-14/h2-11H,12H2,1H3,(H,20,24)(H,21,22)/b13-11+. The maximum absolute atomic E-state index is 12.0. The van der Waals surface area contributed by atoms with Crippen LogP contribution in [-0.4, -0.2) is 23.0 Å². The molecule has 128 valence electrons. The van der Waals surface area contributed by atoms with E-state index in [-0.39, 0.29) is 18.0 Å². The number of amides is 1. The molecular formula is C19H17NO5. The lowest BCUT2D eigenvalue weighted by atomic mass is 10.0. The molecule has 0 fully saturated rings. The van der Waals surface area contributed by atoms with E-state index >= 15 is 0 Å². The van der Waals surface area contributed by atoms with Gasteiger partial charge in [0.2, 0.25) is 0 Å². The lowest BCUT2D eigenvalue weighted by Gasteiger charge is -2.08. The van der Waals surface area contributed by atoms with Crippen LogP contribution in [-0.2, 0) is 16.1 Å². The van der Waals surface area contributed by atoms with Crippen molar-refractivity contribution in [2.24, 2.45) is 0 Å². The number of allylic oxidation sites excluding steroid dienone is 1. The van der Waals surface area contributed by atoms with Crippen LogP contribution in [0.25, 0.3) is 0 Å². The van der Waals surface area contributed by atoms with Gasteiger partial charge in [-0.1, -0.05) is 30.3 Å². The molecule has 2 N–H and O–H groups in total. The Morgan fingerprint density at radius 3 is 2.28 bits per heavy atom. The van der Waals surface area contributed by atoms with E-state index in [0.717, 1.165) is 11.6 Å². The summed E-state index contributed by atoms with van der Waals surface area (Å²) in [6.45, 7) is 1.59. The molecule has 0 bridgehead atoms. The number of Topliss-reactive ketones (excluding diaryl/α,β-unsaturated/α-hetero) is 1. The van der Waals surface area contributed by atoms with Gasteiger partial charge in [0.25, 0.3) is 0 Å². The number of carboxylic acids is 1. The molecule has 2 aromatic carbocycles. The molecule has 0 aliphatic rings. The number of rotatable bonds is 6. The first-order valence-corrected chi connectivity index (χ1v) is 7.49. The summed E-state index contributed by atoms with van der Waals surface area (Å²) in [5.74, 6) is -1.56. The predicted octanol–water partition coefficient (Wildman–Crippen LogP) is 3.65. The molecule has 0 unspecified atom stereocenters. The van der Waals surface area contributed by atoms with E-state index < -0.39 is 12.1 Å². The quantitative estimate of drug-likeness (QED) is 0.619. The molecule has 0 atom stereocenters. The zero-order chi connectivity index (χ0) is 18.2. The Bertz CT molecular complexity index is 794. The van der Waals surface area contributed by atoms with Crippen LogP contribution >= 0.6 is 0 Å². The Morgan fingerprint density at radius 1 is 1.04 bits per heavy atom. The molecule has 25 heavy (non-hydrogen) atoms. The second-order valence-electron chi connectivity index (χ2n) is 5.26. The number of anilines is 1. The highest BCUT2D eigenvalue weighted by atomic mass is 16.5. The molecule has 0 radical (unpaired) electrons. The molecule has 2 rings (SSSR count). The first-order chi connectivity index (χ1) is 12.0. The van der Waals surface area contributed by atoms with Crippen LogP contribution in [0.5, 0.6) is 0 Å². The van der Waals surface area contributed by atoms with Gasteiger partial charge in [-0.15, -0.1) is 0 Å². The Balaban J connectivity index is 1.92. The molecule has 2 aromatic rings. The van der Waals surface area contributed by atoms with E-state index in [1.807, 2.05) is 30.3 Å². The van der Waals surface area contributed by atoms with Gasteiger partial charge >= 0.3 is 12.1 Å². The lowest BCUT2D eigenvalue weighted by molar-refractivity contribution is -0.131. The number of ether oxygens (including phenoxy) is 1. The number of aliphatic carboxylic acids is 1. The maximum atomic E-state index is 12.0. The minimum atomic E-state index is -1.18. The summed E-state index contributed by atoms with van der Waals surface area (Å²) in [4.78, 5) is 34.4. The first-order valence-electron chi connectivity index (χ1n) is 7.49. The normalized spacial score (nSPS) is 10.8.